The SMILES string of the molecule is NC1(S(N)(=O)=O)C=CC=CC1C(=O)O. The van der Waals surface area contributed by atoms with Gasteiger partial charge in [0.05, 0.1) is 0 Å². The highest BCUT2D eigenvalue weighted by molar-refractivity contribution is 7.90. The minimum absolute atomic E-state index is 1.07. The molecule has 7 heteroatoms. The molecular weight excluding hydrogens is 208 g/mol. The molecule has 1 aliphatic rings. The molecule has 1 aliphatic carbocycles. The lowest BCUT2D eigenvalue weighted by Crippen LogP contribution is -2.57. The molecule has 2 unspecified atom stereocenters. The van der Waals surface area contributed by atoms with Crippen LogP contribution >= 0.6 is 0 Å². The Bertz CT molecular complexity index is 411. The Hall–Kier alpha value is -1.18. The summed E-state index contributed by atoms with van der Waals surface area (Å²) in [5.74, 6) is -2.69. The van der Waals surface area contributed by atoms with Gasteiger partial charge in [-0.2, -0.15) is 0 Å². The summed E-state index contributed by atoms with van der Waals surface area (Å²) < 4.78 is 22.3. The van der Waals surface area contributed by atoms with E-state index >= 15 is 0 Å². The summed E-state index contributed by atoms with van der Waals surface area (Å²) in [6.45, 7) is 0. The highest BCUT2D eigenvalue weighted by atomic mass is 32.2. The first kappa shape index (κ1) is 10.9. The third kappa shape index (κ3) is 1.57. The Kier molecular flexibility index (Phi) is 2.49. The monoisotopic (exact) mass is 218 g/mol. The van der Waals surface area contributed by atoms with Crippen LogP contribution in [-0.2, 0) is 14.8 Å². The molecule has 1 rings (SSSR count). The molecule has 78 valence electrons. The zero-order chi connectivity index (χ0) is 11.0. The summed E-state index contributed by atoms with van der Waals surface area (Å²) in [5, 5.41) is 13.6. The van der Waals surface area contributed by atoms with Crippen molar-refractivity contribution >= 4 is 16.0 Å². The van der Waals surface area contributed by atoms with Gasteiger partial charge in [0, 0.05) is 0 Å². The molecule has 0 saturated carbocycles. The number of nitrogens with two attached hydrogens (primary N) is 2. The van der Waals surface area contributed by atoms with Gasteiger partial charge in [-0.15, -0.1) is 0 Å². The molecule has 14 heavy (non-hydrogen) atoms. The lowest BCUT2D eigenvalue weighted by molar-refractivity contribution is -0.140. The van der Waals surface area contributed by atoms with Gasteiger partial charge in [-0.25, -0.2) is 13.6 Å². The van der Waals surface area contributed by atoms with Crippen molar-refractivity contribution in [2.45, 2.75) is 4.87 Å². The van der Waals surface area contributed by atoms with Crippen molar-refractivity contribution in [1.82, 2.24) is 0 Å². The number of primary sulfonamides is 1. The lowest BCUT2D eigenvalue weighted by Gasteiger charge is -2.29. The Balaban J connectivity index is 3.27. The highest BCUT2D eigenvalue weighted by Gasteiger charge is 2.46. The molecule has 0 heterocycles. The maximum absolute atomic E-state index is 11.1. The molecule has 0 fully saturated rings. The topological polar surface area (TPSA) is 123 Å². The number of aliphatic carboxylic acids is 1. The molecular formula is C7H10N2O4S. The van der Waals surface area contributed by atoms with E-state index in [1.54, 1.807) is 0 Å². The normalized spacial score (nSPS) is 31.7. The van der Waals surface area contributed by atoms with Crippen molar-refractivity contribution in [3.8, 4) is 0 Å². The second-order valence-electron chi connectivity index (χ2n) is 2.96. The van der Waals surface area contributed by atoms with E-state index in [1.165, 1.54) is 18.2 Å². The summed E-state index contributed by atoms with van der Waals surface area (Å²) in [7, 11) is -4.16. The van der Waals surface area contributed by atoms with Gasteiger partial charge in [0.25, 0.3) is 0 Å². The van der Waals surface area contributed by atoms with Gasteiger partial charge < -0.3 is 10.8 Å². The van der Waals surface area contributed by atoms with Crippen LogP contribution in [0, 0.1) is 5.92 Å². The third-order valence-corrected chi connectivity index (χ3v) is 3.39. The van der Waals surface area contributed by atoms with Crippen LogP contribution in [0.4, 0.5) is 0 Å². The number of hydrogen-bond donors (Lipinski definition) is 3. The van der Waals surface area contributed by atoms with Crippen molar-refractivity contribution in [3.05, 3.63) is 24.3 Å². The fourth-order valence-corrected chi connectivity index (χ4v) is 1.98. The molecule has 0 aromatic rings. The maximum atomic E-state index is 11.1. The quantitative estimate of drug-likeness (QED) is 0.534. The first-order valence-electron chi connectivity index (χ1n) is 3.69. The molecule has 0 aromatic heterocycles. The Labute approximate surface area is 80.9 Å². The summed E-state index contributed by atoms with van der Waals surface area (Å²) in [5.41, 5.74) is 5.45. The first-order chi connectivity index (χ1) is 6.29. The predicted molar refractivity (Wildman–Crippen MR) is 49.4 cm³/mol. The summed E-state index contributed by atoms with van der Waals surface area (Å²) in [6.07, 6.45) is 5.02. The minimum Gasteiger partial charge on any atom is -0.481 e. The molecule has 0 radical (unpaired) electrons. The van der Waals surface area contributed by atoms with Gasteiger partial charge in [-0.05, 0) is 6.08 Å². The number of rotatable bonds is 2. The van der Waals surface area contributed by atoms with Crippen LogP contribution < -0.4 is 10.9 Å². The largest absolute Gasteiger partial charge is 0.481 e. The van der Waals surface area contributed by atoms with Crippen molar-refractivity contribution in [2.75, 3.05) is 0 Å². The third-order valence-electron chi connectivity index (χ3n) is 2.02. The van der Waals surface area contributed by atoms with Crippen LogP contribution in [-0.4, -0.2) is 24.4 Å². The number of allylic oxidation sites excluding steroid dienone is 2. The van der Waals surface area contributed by atoms with E-state index in [0.29, 0.717) is 0 Å². The average Bonchev–Trinajstić information content (AvgIpc) is 2.02. The molecule has 0 amide bonds. The molecule has 5 N–H and O–H groups in total. The second kappa shape index (κ2) is 3.19. The fraction of sp³-hybridized carbons (Fsp3) is 0.286. The van der Waals surface area contributed by atoms with Gasteiger partial charge in [-0.1, -0.05) is 18.2 Å². The Morgan fingerprint density at radius 3 is 2.36 bits per heavy atom. The summed E-state index contributed by atoms with van der Waals surface area (Å²) in [4.78, 5) is 8.67. The van der Waals surface area contributed by atoms with E-state index in [0.717, 1.165) is 6.08 Å². The molecule has 0 aromatic carbocycles. The Morgan fingerprint density at radius 1 is 1.43 bits per heavy atom. The van der Waals surface area contributed by atoms with Crippen molar-refractivity contribution in [2.24, 2.45) is 16.8 Å². The lowest BCUT2D eigenvalue weighted by atomic mass is 9.95. The Morgan fingerprint density at radius 2 is 2.00 bits per heavy atom. The van der Waals surface area contributed by atoms with Crippen LogP contribution in [0.15, 0.2) is 24.3 Å². The van der Waals surface area contributed by atoms with Crippen molar-refractivity contribution in [3.63, 3.8) is 0 Å². The van der Waals surface area contributed by atoms with E-state index < -0.39 is 26.8 Å². The predicted octanol–water partition coefficient (Wildman–Crippen LogP) is -1.24. The summed E-state index contributed by atoms with van der Waals surface area (Å²) >= 11 is 0. The smallest absolute Gasteiger partial charge is 0.313 e. The van der Waals surface area contributed by atoms with E-state index in [1.807, 2.05) is 0 Å². The molecule has 0 aliphatic heterocycles. The van der Waals surface area contributed by atoms with Crippen molar-refractivity contribution < 1.29 is 18.3 Å². The van der Waals surface area contributed by atoms with E-state index in [4.69, 9.17) is 16.0 Å². The molecule has 0 saturated heterocycles. The van der Waals surface area contributed by atoms with Gasteiger partial charge in [0.1, 0.15) is 5.92 Å². The van der Waals surface area contributed by atoms with Crippen LogP contribution in [0.1, 0.15) is 0 Å². The second-order valence-corrected chi connectivity index (χ2v) is 4.76. The molecule has 6 nitrogen and oxygen atoms in total. The summed E-state index contributed by atoms with van der Waals surface area (Å²) in [6, 6.07) is 0. The van der Waals surface area contributed by atoms with E-state index in [-0.39, 0.29) is 0 Å². The van der Waals surface area contributed by atoms with Gasteiger partial charge in [-0.3, -0.25) is 4.79 Å². The van der Waals surface area contributed by atoms with Gasteiger partial charge in [0.15, 0.2) is 4.87 Å². The zero-order valence-corrected chi connectivity index (χ0v) is 7.94. The standard InChI is InChI=1S/C7H10N2O4S/c8-7(14(9,12)13)4-2-1-3-5(7)6(10)11/h1-5H,8H2,(H,10,11)(H2,9,12,13). The fourth-order valence-electron chi connectivity index (χ4n) is 1.18. The van der Waals surface area contributed by atoms with Crippen LogP contribution in [0.3, 0.4) is 0 Å². The van der Waals surface area contributed by atoms with Crippen molar-refractivity contribution in [1.29, 1.82) is 0 Å². The first-order valence-corrected chi connectivity index (χ1v) is 5.24. The average molecular weight is 218 g/mol. The number of carboxylic acids is 1. The molecule has 0 spiro atoms. The number of sulfonamides is 1. The number of hydrogen-bond acceptors (Lipinski definition) is 4. The number of carboxylic acid groups (broad SMARTS) is 1. The van der Waals surface area contributed by atoms with Crippen LogP contribution in [0.2, 0.25) is 0 Å². The van der Waals surface area contributed by atoms with Gasteiger partial charge in [0.2, 0.25) is 10.0 Å². The zero-order valence-electron chi connectivity index (χ0n) is 7.12. The van der Waals surface area contributed by atoms with E-state index in [2.05, 4.69) is 0 Å². The van der Waals surface area contributed by atoms with Gasteiger partial charge >= 0.3 is 5.97 Å². The number of carbonyl (C=O) groups is 1. The highest BCUT2D eigenvalue weighted by Crippen LogP contribution is 2.26. The minimum atomic E-state index is -4.16. The van der Waals surface area contributed by atoms with Crippen LogP contribution in [0.5, 0.6) is 0 Å². The van der Waals surface area contributed by atoms with Crippen LogP contribution in [0.25, 0.3) is 0 Å². The molecule has 0 bridgehead atoms. The maximum Gasteiger partial charge on any atom is 0.313 e. The molecule has 2 atom stereocenters. The van der Waals surface area contributed by atoms with E-state index in [9.17, 15) is 13.2 Å².